The standard InChI is InChI=1S/C57H47N4.Au/c1-56(2,3)39-22-23-50-43(31-39)46-32-40(57(4,5)6)33-47(55(46)59-50)49-17-13-16-48(58-49)38-27-36(34-20-24-53-44(29-34)41-14-9-11-18-51(41)60(53)7)26-37(28-38)35-21-25-54-45(30-35)42-15-10-12-19-52(42)61(54)8;/h9-20,22-27,29-33H,1-8H3;/q-3;+3. The van der Waals surface area contributed by atoms with E-state index in [-0.39, 0.29) is 33.2 Å². The molecule has 0 saturated carbocycles. The van der Waals surface area contributed by atoms with Crippen molar-refractivity contribution in [1.29, 1.82) is 0 Å². The first-order valence-corrected chi connectivity index (χ1v) is 21.3. The average Bonchev–Trinajstić information content (AvgIpc) is 3.88. The second kappa shape index (κ2) is 14.5. The van der Waals surface area contributed by atoms with Gasteiger partial charge in [-0.1, -0.05) is 137 Å². The minimum Gasteiger partial charge on any atom is -0.656 e. The molecule has 0 N–H and O–H groups in total. The van der Waals surface area contributed by atoms with Crippen LogP contribution < -0.4 is 4.98 Å². The topological polar surface area (TPSA) is 36.9 Å². The number of para-hydroxylation sites is 2. The average molecular weight is 985 g/mol. The zero-order valence-corrected chi connectivity index (χ0v) is 38.5. The Labute approximate surface area is 378 Å². The Bertz CT molecular complexity index is 3440. The minimum absolute atomic E-state index is 0. The van der Waals surface area contributed by atoms with E-state index in [1.807, 2.05) is 0 Å². The molecule has 0 bridgehead atoms. The van der Waals surface area contributed by atoms with Gasteiger partial charge >= 0.3 is 22.4 Å². The van der Waals surface area contributed by atoms with E-state index in [0.717, 1.165) is 61.3 Å². The molecule has 0 aliphatic rings. The van der Waals surface area contributed by atoms with Gasteiger partial charge in [0.2, 0.25) is 0 Å². The molecule has 4 aromatic heterocycles. The zero-order valence-electron chi connectivity index (χ0n) is 36.4. The van der Waals surface area contributed by atoms with E-state index in [1.165, 1.54) is 60.0 Å². The van der Waals surface area contributed by atoms with Gasteiger partial charge < -0.3 is 14.1 Å². The van der Waals surface area contributed by atoms with Gasteiger partial charge in [-0.25, -0.2) is 5.56 Å². The Kier molecular flexibility index (Phi) is 9.31. The van der Waals surface area contributed by atoms with Gasteiger partial charge in [0, 0.05) is 47.1 Å². The number of benzene rings is 7. The number of aryl methyl sites for hydroxylation is 2. The van der Waals surface area contributed by atoms with Gasteiger partial charge in [0.05, 0.1) is 5.69 Å². The molecular weight excluding hydrogens is 938 g/mol. The van der Waals surface area contributed by atoms with Gasteiger partial charge in [0.25, 0.3) is 0 Å². The van der Waals surface area contributed by atoms with E-state index >= 15 is 0 Å². The van der Waals surface area contributed by atoms with Gasteiger partial charge in [-0.2, -0.15) is 29.8 Å². The maximum atomic E-state index is 5.48. The maximum Gasteiger partial charge on any atom is 3.00 e. The fourth-order valence-electron chi connectivity index (χ4n) is 9.38. The minimum atomic E-state index is -0.0738. The van der Waals surface area contributed by atoms with Gasteiger partial charge in [-0.05, 0) is 85.1 Å². The van der Waals surface area contributed by atoms with E-state index in [1.54, 1.807) is 0 Å². The Morgan fingerprint density at radius 3 is 1.84 bits per heavy atom. The predicted octanol–water partition coefficient (Wildman–Crippen LogP) is 14.5. The van der Waals surface area contributed by atoms with Gasteiger partial charge in [0.1, 0.15) is 0 Å². The van der Waals surface area contributed by atoms with Crippen LogP contribution in [0.5, 0.6) is 0 Å². The van der Waals surface area contributed by atoms with Crippen LogP contribution in [-0.2, 0) is 47.3 Å². The summed E-state index contributed by atoms with van der Waals surface area (Å²) in [6.07, 6.45) is 0. The number of fused-ring (bicyclic) bond motifs is 9. The largest absolute Gasteiger partial charge is 3.00 e. The Balaban J connectivity index is 0.00000458. The molecule has 4 nitrogen and oxygen atoms in total. The monoisotopic (exact) mass is 984 g/mol. The fraction of sp³-hybridized carbons (Fsp3) is 0.175. The molecule has 0 radical (unpaired) electrons. The molecule has 0 amide bonds. The van der Waals surface area contributed by atoms with E-state index in [0.29, 0.717) is 0 Å². The van der Waals surface area contributed by atoms with E-state index in [4.69, 9.17) is 9.97 Å². The van der Waals surface area contributed by atoms with Crippen LogP contribution in [0.2, 0.25) is 0 Å². The Hall–Kier alpha value is -6.17. The van der Waals surface area contributed by atoms with Gasteiger partial charge in [0.15, 0.2) is 0 Å². The van der Waals surface area contributed by atoms with Crippen molar-refractivity contribution in [2.24, 2.45) is 14.1 Å². The third-order valence-electron chi connectivity index (χ3n) is 12.9. The Morgan fingerprint density at radius 2 is 1.11 bits per heavy atom. The maximum absolute atomic E-state index is 5.48. The number of pyridine rings is 1. The second-order valence-corrected chi connectivity index (χ2v) is 18.9. The summed E-state index contributed by atoms with van der Waals surface area (Å²) < 4.78 is 4.54. The molecule has 0 fully saturated rings. The summed E-state index contributed by atoms with van der Waals surface area (Å²) in [5.74, 6) is 0. The van der Waals surface area contributed by atoms with Crippen LogP contribution in [0.25, 0.3) is 110 Å². The van der Waals surface area contributed by atoms with Crippen LogP contribution in [0.3, 0.4) is 0 Å². The quantitative estimate of drug-likeness (QED) is 0.130. The summed E-state index contributed by atoms with van der Waals surface area (Å²) in [6.45, 7) is 13.7. The molecule has 62 heavy (non-hydrogen) atoms. The smallest absolute Gasteiger partial charge is 0.656 e. The zero-order chi connectivity index (χ0) is 41.9. The van der Waals surface area contributed by atoms with E-state index in [9.17, 15) is 0 Å². The van der Waals surface area contributed by atoms with Crippen molar-refractivity contribution < 1.29 is 22.4 Å². The van der Waals surface area contributed by atoms with Crippen molar-refractivity contribution >= 4 is 65.4 Å². The number of hydrogen-bond donors (Lipinski definition) is 0. The first-order chi connectivity index (χ1) is 29.3. The number of hydrogen-bond acceptors (Lipinski definition) is 1. The molecule has 306 valence electrons. The number of rotatable bonds is 4. The summed E-state index contributed by atoms with van der Waals surface area (Å²) in [4.78, 5) is 10.8. The summed E-state index contributed by atoms with van der Waals surface area (Å²) in [7, 11) is 4.28. The molecule has 5 heteroatoms. The van der Waals surface area contributed by atoms with Crippen LogP contribution in [-0.4, -0.2) is 14.1 Å². The van der Waals surface area contributed by atoms with Gasteiger partial charge in [-0.3, -0.25) is 4.98 Å². The van der Waals surface area contributed by atoms with Gasteiger partial charge in [-0.15, -0.1) is 28.7 Å². The first kappa shape index (κ1) is 39.9. The van der Waals surface area contributed by atoms with Crippen molar-refractivity contribution in [3.8, 4) is 44.8 Å². The van der Waals surface area contributed by atoms with Crippen molar-refractivity contribution in [2.45, 2.75) is 52.4 Å². The van der Waals surface area contributed by atoms with Crippen LogP contribution in [0, 0.1) is 12.1 Å². The molecule has 0 spiro atoms. The predicted molar refractivity (Wildman–Crippen MR) is 257 cm³/mol. The summed E-state index contributed by atoms with van der Waals surface area (Å²) in [6, 6.07) is 58.3. The number of nitrogens with zero attached hydrogens (tertiary/aromatic N) is 4. The molecule has 0 atom stereocenters. The van der Waals surface area contributed by atoms with Crippen molar-refractivity contribution in [3.05, 3.63) is 163 Å². The van der Waals surface area contributed by atoms with Crippen LogP contribution in [0.4, 0.5) is 0 Å². The second-order valence-electron chi connectivity index (χ2n) is 18.9. The number of aromatic nitrogens is 4. The third kappa shape index (κ3) is 6.43. The third-order valence-corrected chi connectivity index (χ3v) is 12.9. The Morgan fingerprint density at radius 1 is 0.484 bits per heavy atom. The normalized spacial score (nSPS) is 12.4. The molecule has 0 aliphatic heterocycles. The van der Waals surface area contributed by atoms with Crippen LogP contribution >= 0.6 is 0 Å². The van der Waals surface area contributed by atoms with Crippen molar-refractivity contribution in [3.63, 3.8) is 0 Å². The van der Waals surface area contributed by atoms with Crippen molar-refractivity contribution in [1.82, 2.24) is 19.1 Å². The van der Waals surface area contributed by atoms with Crippen LogP contribution in [0.1, 0.15) is 52.7 Å². The molecule has 0 unspecified atom stereocenters. The van der Waals surface area contributed by atoms with Crippen molar-refractivity contribution in [2.75, 3.05) is 0 Å². The first-order valence-electron chi connectivity index (χ1n) is 21.3. The molecule has 0 saturated heterocycles. The molecule has 11 rings (SSSR count). The SMILES string of the molecule is Cn1c2c[c-]c(-c3[c-]c(-c4cccc(-c5cc(C(C)(C)C)cc6c5[n-]c5ccc(C(C)(C)C)cc56)n4)cc(-c4ccc5c(c4)c4ccccc4n5C)c3)cc2c2ccccc21.[Au+3]. The van der Waals surface area contributed by atoms with E-state index < -0.39 is 0 Å². The fourth-order valence-corrected chi connectivity index (χ4v) is 9.38. The summed E-state index contributed by atoms with van der Waals surface area (Å²) in [5.41, 5.74) is 17.3. The van der Waals surface area contributed by atoms with Crippen LogP contribution in [0.15, 0.2) is 140 Å². The molecule has 4 heterocycles. The molecular formula is C57H47AuN4. The molecule has 11 aromatic rings. The molecule has 0 aliphatic carbocycles. The summed E-state index contributed by atoms with van der Waals surface area (Å²) in [5, 5.41) is 7.29. The van der Waals surface area contributed by atoms with E-state index in [2.05, 4.69) is 216 Å². The molecule has 7 aromatic carbocycles. The summed E-state index contributed by atoms with van der Waals surface area (Å²) >= 11 is 0.